The maximum absolute atomic E-state index is 12.8. The number of sulfone groups is 1. The van der Waals surface area contributed by atoms with Crippen LogP contribution < -0.4 is 25.8 Å². The van der Waals surface area contributed by atoms with Crippen molar-refractivity contribution in [1.29, 1.82) is 5.26 Å². The first-order valence-corrected chi connectivity index (χ1v) is 23.7. The average molecular weight is 841 g/mol. The molecule has 316 valence electrons. The predicted octanol–water partition coefficient (Wildman–Crippen LogP) is 2.84. The molecule has 4 aliphatic carbocycles. The molecular formula is C40H56N8O8S2. The van der Waals surface area contributed by atoms with Crippen molar-refractivity contribution in [2.75, 3.05) is 57.0 Å². The van der Waals surface area contributed by atoms with Crippen molar-refractivity contribution in [3.63, 3.8) is 0 Å². The van der Waals surface area contributed by atoms with Crippen molar-refractivity contribution >= 4 is 43.7 Å². The van der Waals surface area contributed by atoms with Gasteiger partial charge in [-0.25, -0.2) is 23.1 Å². The summed E-state index contributed by atoms with van der Waals surface area (Å²) >= 11 is 0. The van der Waals surface area contributed by atoms with Crippen LogP contribution in [0, 0.1) is 11.5 Å². The van der Waals surface area contributed by atoms with Crippen molar-refractivity contribution < 1.29 is 36.0 Å². The maximum atomic E-state index is 12.8. The number of nitrogens with two attached hydrogens (primary N) is 1. The van der Waals surface area contributed by atoms with Gasteiger partial charge in [0.15, 0.2) is 9.84 Å². The molecule has 2 aromatic carbocycles. The molecule has 1 unspecified atom stereocenters. The van der Waals surface area contributed by atoms with Crippen molar-refractivity contribution in [3.05, 3.63) is 56.6 Å². The number of nitrogens with one attached hydrogen (secondary N) is 3. The van der Waals surface area contributed by atoms with E-state index in [0.717, 1.165) is 80.0 Å². The normalized spacial score (nSPS) is 19.1. The van der Waals surface area contributed by atoms with Gasteiger partial charge in [-0.2, -0.15) is 12.7 Å². The number of carbonyl (C=O) groups is 3. The van der Waals surface area contributed by atoms with Crippen molar-refractivity contribution in [3.8, 4) is 12.0 Å². The van der Waals surface area contributed by atoms with E-state index in [-0.39, 0.29) is 31.8 Å². The third-order valence-electron chi connectivity index (χ3n) is 11.8. The van der Waals surface area contributed by atoms with Gasteiger partial charge in [0.05, 0.1) is 11.9 Å². The Morgan fingerprint density at radius 2 is 1.26 bits per heavy atom. The van der Waals surface area contributed by atoms with Crippen molar-refractivity contribution in [1.82, 2.24) is 24.7 Å². The van der Waals surface area contributed by atoms with Gasteiger partial charge in [-0.1, -0.05) is 12.1 Å². The van der Waals surface area contributed by atoms with Gasteiger partial charge in [-0.05, 0) is 142 Å². The van der Waals surface area contributed by atoms with Gasteiger partial charge in [0.25, 0.3) is 16.5 Å². The molecule has 0 aromatic heterocycles. The molecule has 0 spiro atoms. The quantitative estimate of drug-likeness (QED) is 0.287. The summed E-state index contributed by atoms with van der Waals surface area (Å²) in [4.78, 5) is 38.8. The Bertz CT molecular complexity index is 2110. The lowest BCUT2D eigenvalue weighted by Gasteiger charge is -2.18. The number of anilines is 1. The molecule has 0 radical (unpaired) electrons. The largest absolute Gasteiger partial charge is 0.387 e. The topological polar surface area (TPSA) is 224 Å². The highest BCUT2D eigenvalue weighted by molar-refractivity contribution is 7.92. The summed E-state index contributed by atoms with van der Waals surface area (Å²) in [6, 6.07) is 4.11. The second-order valence-electron chi connectivity index (χ2n) is 15.6. The number of likely N-dealkylation sites (tertiary alicyclic amines) is 1. The number of amides is 5. The minimum absolute atomic E-state index is 0.0324. The van der Waals surface area contributed by atoms with E-state index in [2.05, 4.69) is 28.1 Å². The number of fused-ring (bicyclic) bond motifs is 4. The molecule has 2 aromatic rings. The van der Waals surface area contributed by atoms with E-state index in [1.54, 1.807) is 6.92 Å². The molecule has 2 saturated heterocycles. The Morgan fingerprint density at radius 3 is 1.74 bits per heavy atom. The second kappa shape index (κ2) is 18.6. The molecular weight excluding hydrogens is 785 g/mol. The fourth-order valence-electron chi connectivity index (χ4n) is 9.05. The number of rotatable bonds is 8. The minimum atomic E-state index is -3.67. The van der Waals surface area contributed by atoms with E-state index >= 15 is 0 Å². The highest BCUT2D eigenvalue weighted by Gasteiger charge is 2.37. The van der Waals surface area contributed by atoms with Crippen LogP contribution in [0.4, 0.5) is 15.3 Å². The third kappa shape index (κ3) is 9.87. The van der Waals surface area contributed by atoms with Gasteiger partial charge in [0, 0.05) is 45.0 Å². The zero-order chi connectivity index (χ0) is 41.6. The van der Waals surface area contributed by atoms with E-state index in [0.29, 0.717) is 32.6 Å². The van der Waals surface area contributed by atoms with Crippen LogP contribution in [0.5, 0.6) is 5.75 Å². The number of aryl methyl sites for hydroxylation is 4. The van der Waals surface area contributed by atoms with Gasteiger partial charge in [0.2, 0.25) is 5.91 Å². The number of ether oxygens (including phenoxy) is 1. The van der Waals surface area contributed by atoms with E-state index in [1.807, 2.05) is 13.2 Å². The molecule has 0 saturated carbocycles. The number of urea groups is 2. The highest BCUT2D eigenvalue weighted by atomic mass is 32.2. The molecule has 1 atom stereocenters. The number of nitriles is 1. The predicted molar refractivity (Wildman–Crippen MR) is 219 cm³/mol. The molecule has 6 aliphatic rings. The SMILES string of the molecule is CCNC(=O)N1CCC(S(=O)(=O)CC(=O)Nc2c3c(cc4c2CCC4)CCC3)C1.CCNC(=O)N1CCN(S(N)(=O)=O)C1.N#COc1c2c(cc3c1CCC3)CCC2. The van der Waals surface area contributed by atoms with Gasteiger partial charge in [-0.15, -0.1) is 5.26 Å². The molecule has 2 fully saturated rings. The van der Waals surface area contributed by atoms with Crippen LogP contribution in [0.25, 0.3) is 0 Å². The summed E-state index contributed by atoms with van der Waals surface area (Å²) in [7, 11) is -7.29. The van der Waals surface area contributed by atoms with Crippen LogP contribution in [0.3, 0.4) is 0 Å². The fraction of sp³-hybridized carbons (Fsp3) is 0.600. The molecule has 8 rings (SSSR count). The van der Waals surface area contributed by atoms with E-state index in [9.17, 15) is 31.2 Å². The smallest absolute Gasteiger partial charge is 0.318 e. The van der Waals surface area contributed by atoms with E-state index in [1.165, 1.54) is 67.1 Å². The molecule has 18 heteroatoms. The lowest BCUT2D eigenvalue weighted by atomic mass is 9.98. The van der Waals surface area contributed by atoms with Crippen LogP contribution in [-0.2, 0) is 76.2 Å². The second-order valence-corrected chi connectivity index (χ2v) is 19.5. The van der Waals surface area contributed by atoms with Gasteiger partial charge in [0.1, 0.15) is 11.5 Å². The Morgan fingerprint density at radius 1 is 0.759 bits per heavy atom. The van der Waals surface area contributed by atoms with Crippen LogP contribution in [0.2, 0.25) is 0 Å². The van der Waals surface area contributed by atoms with Crippen LogP contribution in [-0.4, -0.2) is 106 Å². The standard InChI is InChI=1S/C21H29N3O4S.C13H13NO.C6H14N4O3S/c1-2-22-21(26)24-10-9-16(12-24)29(27,28)13-19(25)23-20-17-7-3-5-14(17)11-15-6-4-8-18(15)20;14-8-15-13-11-5-1-3-9(11)7-10-4-2-6-12(10)13;1-2-8-6(11)9-3-4-10(5-9)14(7,12)13/h11,16H,2-10,12-13H2,1H3,(H,22,26)(H,23,25);7H,1-6H2;2-5H2,1H3,(H,8,11)(H2,7,12,13). The Labute approximate surface area is 341 Å². The fourth-order valence-corrected chi connectivity index (χ4v) is 11.2. The number of benzene rings is 2. The van der Waals surface area contributed by atoms with E-state index < -0.39 is 37.0 Å². The van der Waals surface area contributed by atoms with E-state index in [4.69, 9.17) is 15.1 Å². The Kier molecular flexibility index (Phi) is 13.9. The van der Waals surface area contributed by atoms with Gasteiger partial charge >= 0.3 is 12.1 Å². The number of carbonyl (C=O) groups excluding carboxylic acids is 3. The van der Waals surface area contributed by atoms with Crippen LogP contribution in [0.1, 0.15) is 90.5 Å². The summed E-state index contributed by atoms with van der Waals surface area (Å²) < 4.78 is 53.7. The molecule has 2 aliphatic heterocycles. The van der Waals surface area contributed by atoms with Crippen molar-refractivity contribution in [2.45, 2.75) is 103 Å². The van der Waals surface area contributed by atoms with Gasteiger partial charge in [-0.3, -0.25) is 4.79 Å². The molecule has 5 N–H and O–H groups in total. The number of hydrogen-bond donors (Lipinski definition) is 4. The maximum Gasteiger partial charge on any atom is 0.318 e. The first kappa shape index (κ1) is 43.1. The molecule has 5 amide bonds. The third-order valence-corrected chi connectivity index (χ3v) is 14.9. The zero-order valence-corrected chi connectivity index (χ0v) is 35.2. The monoisotopic (exact) mass is 840 g/mol. The molecule has 2 heterocycles. The average Bonchev–Trinajstić information content (AvgIpc) is 4.02. The van der Waals surface area contributed by atoms with Crippen molar-refractivity contribution in [2.24, 2.45) is 5.14 Å². The Balaban J connectivity index is 0.000000164. The first-order valence-electron chi connectivity index (χ1n) is 20.5. The Hall–Kier alpha value is -4.44. The summed E-state index contributed by atoms with van der Waals surface area (Å²) in [6.45, 7) is 5.86. The lowest BCUT2D eigenvalue weighted by molar-refractivity contribution is -0.113. The number of nitrogens with zero attached hydrogens (tertiary/aromatic N) is 4. The number of hydrogen-bond acceptors (Lipinski definition) is 9. The minimum Gasteiger partial charge on any atom is -0.387 e. The highest BCUT2D eigenvalue weighted by Crippen LogP contribution is 2.40. The summed E-state index contributed by atoms with van der Waals surface area (Å²) in [6.07, 6.45) is 15.2. The van der Waals surface area contributed by atoms with Crippen LogP contribution >= 0.6 is 0 Å². The summed E-state index contributed by atoms with van der Waals surface area (Å²) in [5.74, 6) is -0.0878. The first-order chi connectivity index (χ1) is 27.7. The molecule has 16 nitrogen and oxygen atoms in total. The van der Waals surface area contributed by atoms with Gasteiger partial charge < -0.3 is 30.5 Å². The zero-order valence-electron chi connectivity index (χ0n) is 33.5. The lowest BCUT2D eigenvalue weighted by Crippen LogP contribution is -2.41. The molecule has 58 heavy (non-hydrogen) atoms. The van der Waals surface area contributed by atoms with Crippen LogP contribution in [0.15, 0.2) is 12.1 Å². The molecule has 0 bridgehead atoms. The summed E-state index contributed by atoms with van der Waals surface area (Å²) in [5.41, 5.74) is 11.3. The summed E-state index contributed by atoms with van der Waals surface area (Å²) in [5, 5.41) is 21.2.